The van der Waals surface area contributed by atoms with E-state index in [2.05, 4.69) is 15.8 Å². The third kappa shape index (κ3) is 3.48. The van der Waals surface area contributed by atoms with Crippen molar-refractivity contribution in [2.24, 2.45) is 5.92 Å². The third-order valence-electron chi connectivity index (χ3n) is 5.44. The van der Waals surface area contributed by atoms with Crippen LogP contribution in [0.5, 0.6) is 0 Å². The highest BCUT2D eigenvalue weighted by Crippen LogP contribution is 2.32. The molecule has 1 amide bonds. The quantitative estimate of drug-likeness (QED) is 0.888. The maximum absolute atomic E-state index is 13.6. The highest BCUT2D eigenvalue weighted by atomic mass is 19.1. The van der Waals surface area contributed by atoms with Crippen LogP contribution >= 0.6 is 0 Å². The average molecular weight is 354 g/mol. The molecule has 2 fully saturated rings. The number of aromatic nitrogens is 1. The molecule has 5 nitrogen and oxygen atoms in total. The number of carbonyl (C=O) groups excluding carboxylic acids is 1. The molecule has 136 valence electrons. The summed E-state index contributed by atoms with van der Waals surface area (Å²) < 4.78 is 13.6. The topological polar surface area (TPSA) is 57.3 Å². The van der Waals surface area contributed by atoms with Crippen molar-refractivity contribution in [3.05, 3.63) is 65.7 Å². The van der Waals surface area contributed by atoms with Gasteiger partial charge in [-0.25, -0.2) is 4.39 Å². The van der Waals surface area contributed by atoms with Crippen LogP contribution < -0.4 is 10.9 Å². The number of hydrazine groups is 1. The zero-order chi connectivity index (χ0) is 17.9. The summed E-state index contributed by atoms with van der Waals surface area (Å²) in [5.41, 5.74) is 8.09. The van der Waals surface area contributed by atoms with Crippen LogP contribution in [0.4, 0.5) is 4.39 Å². The van der Waals surface area contributed by atoms with Gasteiger partial charge >= 0.3 is 0 Å². The van der Waals surface area contributed by atoms with E-state index in [0.29, 0.717) is 18.2 Å². The third-order valence-corrected chi connectivity index (χ3v) is 5.44. The van der Waals surface area contributed by atoms with Crippen LogP contribution in [-0.2, 0) is 0 Å². The van der Waals surface area contributed by atoms with Gasteiger partial charge in [-0.2, -0.15) is 0 Å². The molecule has 0 spiro atoms. The van der Waals surface area contributed by atoms with Gasteiger partial charge < -0.3 is 4.90 Å². The maximum Gasteiger partial charge on any atom is 0.272 e. The predicted molar refractivity (Wildman–Crippen MR) is 96.9 cm³/mol. The van der Waals surface area contributed by atoms with Crippen molar-refractivity contribution in [3.63, 3.8) is 0 Å². The molecular formula is C20H23FN4O. The van der Waals surface area contributed by atoms with Gasteiger partial charge in [-0.3, -0.25) is 20.6 Å². The monoisotopic (exact) mass is 354 g/mol. The number of hydrogen-bond donors (Lipinski definition) is 2. The number of carbonyl (C=O) groups is 1. The van der Waals surface area contributed by atoms with Gasteiger partial charge in [0.1, 0.15) is 11.5 Å². The summed E-state index contributed by atoms with van der Waals surface area (Å²) in [6.07, 6.45) is 3.67. The molecule has 0 aliphatic carbocycles. The van der Waals surface area contributed by atoms with Crippen molar-refractivity contribution in [1.29, 1.82) is 0 Å². The number of piperidine rings is 1. The van der Waals surface area contributed by atoms with Crippen LogP contribution in [-0.4, -0.2) is 41.5 Å². The first kappa shape index (κ1) is 17.1. The molecule has 2 aliphatic heterocycles. The molecule has 0 bridgehead atoms. The van der Waals surface area contributed by atoms with Crippen molar-refractivity contribution < 1.29 is 9.18 Å². The molecule has 0 saturated carbocycles. The van der Waals surface area contributed by atoms with Crippen molar-refractivity contribution in [2.45, 2.75) is 24.8 Å². The number of benzene rings is 1. The lowest BCUT2D eigenvalue weighted by Crippen LogP contribution is -2.48. The smallest absolute Gasteiger partial charge is 0.272 e. The number of nitrogens with one attached hydrogen (secondary N) is 2. The van der Waals surface area contributed by atoms with Gasteiger partial charge in [0.05, 0.1) is 0 Å². The number of nitrogens with zero attached hydrogens (tertiary/aromatic N) is 2. The molecule has 4 rings (SSSR count). The molecule has 6 heteroatoms. The molecule has 2 N–H and O–H groups in total. The number of rotatable bonds is 3. The Bertz CT molecular complexity index is 769. The number of pyridine rings is 1. The fourth-order valence-electron chi connectivity index (χ4n) is 4.16. The summed E-state index contributed by atoms with van der Waals surface area (Å²) in [5, 5.41) is 0. The lowest BCUT2D eigenvalue weighted by molar-refractivity contribution is 0.0638. The lowest BCUT2D eigenvalue weighted by Gasteiger charge is -2.37. The Morgan fingerprint density at radius 3 is 2.96 bits per heavy atom. The van der Waals surface area contributed by atoms with E-state index in [1.165, 1.54) is 6.07 Å². The molecule has 2 aromatic rings. The molecule has 2 saturated heterocycles. The lowest BCUT2D eigenvalue weighted by atomic mass is 9.81. The molecule has 1 aromatic heterocycles. The van der Waals surface area contributed by atoms with Crippen LogP contribution in [0, 0.1) is 11.7 Å². The molecule has 3 atom stereocenters. The van der Waals surface area contributed by atoms with Gasteiger partial charge in [-0.05, 0) is 48.6 Å². The summed E-state index contributed by atoms with van der Waals surface area (Å²) in [6.45, 7) is 2.22. The number of amides is 1. The minimum atomic E-state index is -0.205. The van der Waals surface area contributed by atoms with E-state index >= 15 is 0 Å². The summed E-state index contributed by atoms with van der Waals surface area (Å²) in [5.74, 6) is 0.299. The first-order chi connectivity index (χ1) is 12.7. The highest BCUT2D eigenvalue weighted by molar-refractivity contribution is 5.92. The molecule has 26 heavy (non-hydrogen) atoms. The van der Waals surface area contributed by atoms with E-state index in [4.69, 9.17) is 0 Å². The van der Waals surface area contributed by atoms with Gasteiger partial charge in [0, 0.05) is 37.8 Å². The Balaban J connectivity index is 1.49. The van der Waals surface area contributed by atoms with Gasteiger partial charge in [-0.15, -0.1) is 0 Å². The minimum Gasteiger partial charge on any atom is -0.337 e. The van der Waals surface area contributed by atoms with E-state index in [1.54, 1.807) is 24.4 Å². The summed E-state index contributed by atoms with van der Waals surface area (Å²) in [6, 6.07) is 12.4. The van der Waals surface area contributed by atoms with Gasteiger partial charge in [-0.1, -0.05) is 18.2 Å². The van der Waals surface area contributed by atoms with Crippen molar-refractivity contribution in [2.75, 3.05) is 19.6 Å². The Labute approximate surface area is 152 Å². The number of likely N-dealkylation sites (tertiary alicyclic amines) is 1. The normalized spacial score (nSPS) is 26.0. The van der Waals surface area contributed by atoms with E-state index in [0.717, 1.165) is 31.5 Å². The Hall–Kier alpha value is -2.31. The summed E-state index contributed by atoms with van der Waals surface area (Å²) >= 11 is 0. The van der Waals surface area contributed by atoms with Crippen LogP contribution in [0.2, 0.25) is 0 Å². The van der Waals surface area contributed by atoms with Crippen LogP contribution in [0.3, 0.4) is 0 Å². The second-order valence-corrected chi connectivity index (χ2v) is 7.08. The highest BCUT2D eigenvalue weighted by Gasteiger charge is 2.37. The van der Waals surface area contributed by atoms with E-state index in [-0.39, 0.29) is 23.7 Å². The van der Waals surface area contributed by atoms with Gasteiger partial charge in [0.2, 0.25) is 0 Å². The van der Waals surface area contributed by atoms with Crippen molar-refractivity contribution in [3.8, 4) is 0 Å². The van der Waals surface area contributed by atoms with Crippen molar-refractivity contribution in [1.82, 2.24) is 20.7 Å². The first-order valence-electron chi connectivity index (χ1n) is 9.16. The SMILES string of the molecule is O=C(c1ccccn1)N1CCCC(C2NNCC2c2cccc(F)c2)C1. The summed E-state index contributed by atoms with van der Waals surface area (Å²) in [4.78, 5) is 18.8. The van der Waals surface area contributed by atoms with Crippen molar-refractivity contribution >= 4 is 5.91 Å². The Kier molecular flexibility index (Phi) is 4.95. The van der Waals surface area contributed by atoms with Crippen LogP contribution in [0.15, 0.2) is 48.7 Å². The van der Waals surface area contributed by atoms with Crippen LogP contribution in [0.25, 0.3) is 0 Å². The fraction of sp³-hybridized carbons (Fsp3) is 0.400. The molecule has 3 unspecified atom stereocenters. The first-order valence-corrected chi connectivity index (χ1v) is 9.16. The number of hydrogen-bond acceptors (Lipinski definition) is 4. The van der Waals surface area contributed by atoms with E-state index < -0.39 is 0 Å². The second-order valence-electron chi connectivity index (χ2n) is 7.08. The zero-order valence-corrected chi connectivity index (χ0v) is 14.6. The van der Waals surface area contributed by atoms with E-state index in [1.807, 2.05) is 23.1 Å². The van der Waals surface area contributed by atoms with Gasteiger partial charge in [0.25, 0.3) is 5.91 Å². The maximum atomic E-state index is 13.6. The predicted octanol–water partition coefficient (Wildman–Crippen LogP) is 2.33. The largest absolute Gasteiger partial charge is 0.337 e. The average Bonchev–Trinajstić information content (AvgIpc) is 3.18. The molecule has 2 aliphatic rings. The Morgan fingerprint density at radius 2 is 2.15 bits per heavy atom. The molecular weight excluding hydrogens is 331 g/mol. The second kappa shape index (κ2) is 7.51. The number of halogens is 1. The van der Waals surface area contributed by atoms with Crippen LogP contribution in [0.1, 0.15) is 34.8 Å². The van der Waals surface area contributed by atoms with E-state index in [9.17, 15) is 9.18 Å². The molecule has 1 aromatic carbocycles. The fourth-order valence-corrected chi connectivity index (χ4v) is 4.16. The minimum absolute atomic E-state index is 0.0106. The van der Waals surface area contributed by atoms with Gasteiger partial charge in [0.15, 0.2) is 0 Å². The molecule has 3 heterocycles. The Morgan fingerprint density at radius 1 is 1.23 bits per heavy atom. The standard InChI is InChI=1S/C20H23FN4O/c21-16-7-3-5-14(11-16)17-12-23-24-19(17)15-6-4-10-25(13-15)20(26)18-8-1-2-9-22-18/h1-3,5,7-9,11,15,17,19,23-24H,4,6,10,12-13H2. The molecule has 0 radical (unpaired) electrons. The summed E-state index contributed by atoms with van der Waals surface area (Å²) in [7, 11) is 0. The zero-order valence-electron chi connectivity index (χ0n) is 14.6.